The standard InChI is InChI=1S/C54H70ClFN8O8S/c1-7-73(67,68)62-34-16-19-42(37(27-34)39-31-63(6)50(66)48-46(39)38(30-58-48)32-11-8-9-12-32)72-44-14-10-13-43(47(44)56)70-26-25-69-35-21-23-64(24-22-35)45-20-18-41(60-61-45)49(65)59-51-53(2,3)52(54(51,4)5)71-36-17-15-33(29-57)40(55)28-36/h10,13-17,19,27-28,31-32,35,38,41,45-46,48,51-52,58,60-62H,7-9,11-12,18,20-26,30H2,1-6H3,(H,59,65). The van der Waals surface area contributed by atoms with Gasteiger partial charge in [0.25, 0.3) is 0 Å². The summed E-state index contributed by atoms with van der Waals surface area (Å²) in [5, 5.41) is 16.4. The van der Waals surface area contributed by atoms with Crippen molar-refractivity contribution in [2.75, 3.05) is 50.4 Å². The van der Waals surface area contributed by atoms with Crippen LogP contribution < -0.4 is 40.4 Å². The van der Waals surface area contributed by atoms with Gasteiger partial charge in [-0.2, -0.15) is 9.65 Å². The van der Waals surface area contributed by atoms with E-state index in [1.54, 1.807) is 67.4 Å². The number of nitriles is 1. The van der Waals surface area contributed by atoms with E-state index in [1.165, 1.54) is 6.07 Å². The zero-order valence-corrected chi connectivity index (χ0v) is 44.2. The van der Waals surface area contributed by atoms with Crippen LogP contribution >= 0.6 is 11.6 Å². The largest absolute Gasteiger partial charge is 0.489 e. The number of fused-ring (bicyclic) bond motifs is 1. The van der Waals surface area contributed by atoms with E-state index in [4.69, 9.17) is 30.5 Å². The molecule has 5 fully saturated rings. The summed E-state index contributed by atoms with van der Waals surface area (Å²) >= 11 is 6.27. The van der Waals surface area contributed by atoms with E-state index in [1.807, 2.05) is 6.20 Å². The maximum atomic E-state index is 16.3. The molecule has 9 rings (SSSR count). The minimum absolute atomic E-state index is 0.0138. The van der Waals surface area contributed by atoms with Crippen LogP contribution in [0.25, 0.3) is 5.57 Å². The summed E-state index contributed by atoms with van der Waals surface area (Å²) < 4.78 is 69.3. The first kappa shape index (κ1) is 52.8. The van der Waals surface area contributed by atoms with Crippen LogP contribution in [0.1, 0.15) is 97.1 Å². The molecule has 394 valence electrons. The first-order valence-electron chi connectivity index (χ1n) is 25.9. The lowest BCUT2D eigenvalue weighted by Gasteiger charge is -2.63. The molecule has 5 atom stereocenters. The van der Waals surface area contributed by atoms with Gasteiger partial charge in [-0.15, -0.1) is 0 Å². The number of rotatable bonds is 17. The predicted molar refractivity (Wildman–Crippen MR) is 277 cm³/mol. The number of amides is 2. The molecule has 0 spiro atoms. The Labute approximate surface area is 434 Å². The fourth-order valence-corrected chi connectivity index (χ4v) is 13.6. The Morgan fingerprint density at radius 3 is 2.37 bits per heavy atom. The van der Waals surface area contributed by atoms with Crippen LogP contribution in [0, 0.1) is 45.7 Å². The summed E-state index contributed by atoms with van der Waals surface area (Å²) in [7, 11) is -1.89. The number of hydrazine groups is 1. The number of carbonyl (C=O) groups is 2. The van der Waals surface area contributed by atoms with Crippen LogP contribution in [0.3, 0.4) is 0 Å². The second-order valence-electron chi connectivity index (χ2n) is 21.8. The monoisotopic (exact) mass is 1040 g/mol. The lowest BCUT2D eigenvalue weighted by atomic mass is 9.49. The molecule has 4 heterocycles. The summed E-state index contributed by atoms with van der Waals surface area (Å²) in [5.41, 5.74) is 8.10. The fourth-order valence-electron chi connectivity index (χ4n) is 12.7. The molecular weight excluding hydrogens is 975 g/mol. The molecular formula is C54H70ClFN8O8S. The number of ether oxygens (including phenoxy) is 4. The van der Waals surface area contributed by atoms with Crippen molar-refractivity contribution in [3.05, 3.63) is 82.8 Å². The summed E-state index contributed by atoms with van der Waals surface area (Å²) in [6.07, 6.45) is 9.29. The van der Waals surface area contributed by atoms with E-state index in [0.717, 1.165) is 63.6 Å². The second kappa shape index (κ2) is 21.7. The Balaban J connectivity index is 0.752. The Morgan fingerprint density at radius 1 is 0.945 bits per heavy atom. The summed E-state index contributed by atoms with van der Waals surface area (Å²) in [5.74, 6) is 0.480. The highest BCUT2D eigenvalue weighted by Gasteiger charge is 2.64. The Morgan fingerprint density at radius 2 is 1.68 bits per heavy atom. The van der Waals surface area contributed by atoms with E-state index >= 15 is 4.39 Å². The predicted octanol–water partition coefficient (Wildman–Crippen LogP) is 7.55. The number of piperidine rings is 1. The minimum atomic E-state index is -3.61. The lowest BCUT2D eigenvalue weighted by Crippen LogP contribution is -2.76. The number of nitrogens with one attached hydrogen (secondary N) is 5. The maximum absolute atomic E-state index is 16.3. The van der Waals surface area contributed by atoms with Crippen molar-refractivity contribution < 1.29 is 41.3 Å². The van der Waals surface area contributed by atoms with Gasteiger partial charge in [-0.05, 0) is 99.0 Å². The van der Waals surface area contributed by atoms with Gasteiger partial charge >= 0.3 is 0 Å². The number of anilines is 1. The molecule has 3 aromatic rings. The third kappa shape index (κ3) is 11.1. The molecule has 6 aliphatic rings. The normalized spacial score (nSPS) is 27.3. The smallest absolute Gasteiger partial charge is 0.244 e. The summed E-state index contributed by atoms with van der Waals surface area (Å²) in [6.45, 7) is 12.6. The molecule has 16 nitrogen and oxygen atoms in total. The average molecular weight is 1050 g/mol. The van der Waals surface area contributed by atoms with Gasteiger partial charge in [-0.3, -0.25) is 19.2 Å². The van der Waals surface area contributed by atoms with Gasteiger partial charge < -0.3 is 34.5 Å². The molecule has 2 saturated carbocycles. The number of hydrogen-bond donors (Lipinski definition) is 5. The third-order valence-corrected chi connectivity index (χ3v) is 17.9. The van der Waals surface area contributed by atoms with E-state index in [0.29, 0.717) is 52.2 Å². The SMILES string of the molecule is CCS(=O)(=O)Nc1ccc(Oc2cccc(OCCOC3CCN(C4CCC(C(=O)NC5C(C)(C)C(Oc6ccc(C#N)c(Cl)c6)C5(C)C)NN4)CC3)c2F)c(C2=CN(C)C(=O)C3NCC(C4CCCC4)C23)c1. The number of sulfonamides is 1. The molecule has 3 saturated heterocycles. The topological polar surface area (TPSA) is 196 Å². The number of hydrogen-bond acceptors (Lipinski definition) is 13. The molecule has 2 aliphatic carbocycles. The van der Waals surface area contributed by atoms with Crippen molar-refractivity contribution >= 4 is 44.7 Å². The van der Waals surface area contributed by atoms with Gasteiger partial charge in [0, 0.05) is 66.4 Å². The quantitative estimate of drug-likeness (QED) is 0.0833. The molecule has 2 amide bonds. The van der Waals surface area contributed by atoms with Gasteiger partial charge in [0.2, 0.25) is 27.7 Å². The van der Waals surface area contributed by atoms with Crippen LogP contribution in [-0.4, -0.2) is 112 Å². The second-order valence-corrected chi connectivity index (χ2v) is 24.2. The van der Waals surface area contributed by atoms with Crippen LogP contribution in [0.2, 0.25) is 5.02 Å². The van der Waals surface area contributed by atoms with Gasteiger partial charge in [0.1, 0.15) is 36.3 Å². The molecule has 4 aliphatic heterocycles. The average Bonchev–Trinajstić information content (AvgIpc) is 4.08. The highest BCUT2D eigenvalue weighted by atomic mass is 35.5. The number of carbonyl (C=O) groups excluding carboxylic acids is 2. The first-order chi connectivity index (χ1) is 34.9. The maximum Gasteiger partial charge on any atom is 0.244 e. The Bertz CT molecular complexity index is 2700. The van der Waals surface area contributed by atoms with Gasteiger partial charge in [0.15, 0.2) is 11.5 Å². The van der Waals surface area contributed by atoms with E-state index in [-0.39, 0.29) is 95.4 Å². The highest BCUT2D eigenvalue weighted by molar-refractivity contribution is 7.92. The van der Waals surface area contributed by atoms with Crippen molar-refractivity contribution in [1.29, 1.82) is 5.26 Å². The molecule has 0 aromatic heterocycles. The number of nitrogens with zero attached hydrogens (tertiary/aromatic N) is 3. The molecule has 3 aromatic carbocycles. The first-order valence-corrected chi connectivity index (χ1v) is 27.9. The number of halogens is 2. The fraction of sp³-hybridized carbons (Fsp3) is 0.574. The van der Waals surface area contributed by atoms with E-state index in [9.17, 15) is 23.3 Å². The molecule has 5 unspecified atom stereocenters. The zero-order valence-electron chi connectivity index (χ0n) is 42.6. The molecule has 5 N–H and O–H groups in total. The van der Waals surface area contributed by atoms with Crippen LogP contribution in [0.15, 0.2) is 60.8 Å². The van der Waals surface area contributed by atoms with Crippen LogP contribution in [-0.2, 0) is 24.3 Å². The number of likely N-dealkylation sites (tertiary alicyclic amines) is 1. The number of likely N-dealkylation sites (N-methyl/N-ethyl adjacent to an activating group) is 1. The van der Waals surface area contributed by atoms with Gasteiger partial charge in [-0.25, -0.2) is 19.3 Å². The molecule has 19 heteroatoms. The minimum Gasteiger partial charge on any atom is -0.489 e. The van der Waals surface area contributed by atoms with Crippen LogP contribution in [0.4, 0.5) is 10.1 Å². The Hall–Kier alpha value is -5.00. The zero-order chi connectivity index (χ0) is 51.8. The van der Waals surface area contributed by atoms with Gasteiger partial charge in [0.05, 0.1) is 41.3 Å². The van der Waals surface area contributed by atoms with Gasteiger partial charge in [-0.1, -0.05) is 71.0 Å². The van der Waals surface area contributed by atoms with Crippen molar-refractivity contribution in [3.8, 4) is 29.1 Å². The van der Waals surface area contributed by atoms with Crippen molar-refractivity contribution in [2.45, 2.75) is 122 Å². The molecule has 73 heavy (non-hydrogen) atoms. The molecule has 0 bridgehead atoms. The van der Waals surface area contributed by atoms with E-state index < -0.39 is 21.9 Å². The van der Waals surface area contributed by atoms with Crippen molar-refractivity contribution in [2.24, 2.45) is 28.6 Å². The number of benzene rings is 3. The van der Waals surface area contributed by atoms with Crippen LogP contribution in [0.5, 0.6) is 23.0 Å². The third-order valence-electron chi connectivity index (χ3n) is 16.3. The van der Waals surface area contributed by atoms with E-state index in [2.05, 4.69) is 64.9 Å². The van der Waals surface area contributed by atoms with Crippen molar-refractivity contribution in [1.82, 2.24) is 31.3 Å². The van der Waals surface area contributed by atoms with Crippen molar-refractivity contribution in [3.63, 3.8) is 0 Å². The molecule has 0 radical (unpaired) electrons. The summed E-state index contributed by atoms with van der Waals surface area (Å²) in [4.78, 5) is 31.1. The summed E-state index contributed by atoms with van der Waals surface area (Å²) in [6, 6.07) is 15.9. The lowest BCUT2D eigenvalue weighted by molar-refractivity contribution is -0.174. The Kier molecular flexibility index (Phi) is 15.7. The highest BCUT2D eigenvalue weighted by Crippen LogP contribution is 2.56.